The van der Waals surface area contributed by atoms with Crippen LogP contribution in [0.5, 0.6) is 5.19 Å². The van der Waals surface area contributed by atoms with Crippen molar-refractivity contribution >= 4 is 11.3 Å². The van der Waals surface area contributed by atoms with Gasteiger partial charge >= 0.3 is 0 Å². The molecule has 1 aliphatic carbocycles. The smallest absolute Gasteiger partial charge is 0.294 e. The highest BCUT2D eigenvalue weighted by atomic mass is 32.1. The van der Waals surface area contributed by atoms with Crippen molar-refractivity contribution in [3.8, 4) is 5.19 Å². The second kappa shape index (κ2) is 5.42. The Morgan fingerprint density at radius 3 is 2.93 bits per heavy atom. The third-order valence-electron chi connectivity index (χ3n) is 2.54. The maximum absolute atomic E-state index is 5.75. The second-order valence-electron chi connectivity index (χ2n) is 3.77. The fourth-order valence-electron chi connectivity index (χ4n) is 1.74. The molecule has 0 bridgehead atoms. The Morgan fingerprint density at radius 2 is 2.20 bits per heavy atom. The van der Waals surface area contributed by atoms with Crippen molar-refractivity contribution in [2.75, 3.05) is 6.54 Å². The highest BCUT2D eigenvalue weighted by Crippen LogP contribution is 2.26. The number of nitrogens with zero attached hydrogens (tertiary/aromatic N) is 2. The van der Waals surface area contributed by atoms with Crippen LogP contribution in [0.2, 0.25) is 0 Å². The van der Waals surface area contributed by atoms with Crippen molar-refractivity contribution in [2.45, 2.75) is 45.3 Å². The molecule has 4 nitrogen and oxygen atoms in total. The zero-order valence-electron chi connectivity index (χ0n) is 9.03. The predicted molar refractivity (Wildman–Crippen MR) is 60.2 cm³/mol. The summed E-state index contributed by atoms with van der Waals surface area (Å²) in [6, 6.07) is 0. The van der Waals surface area contributed by atoms with Crippen LogP contribution >= 0.6 is 11.3 Å². The first-order chi connectivity index (χ1) is 7.38. The molecule has 0 spiro atoms. The lowest BCUT2D eigenvalue weighted by Crippen LogP contribution is -2.11. The quantitative estimate of drug-likeness (QED) is 0.835. The fourth-order valence-corrected chi connectivity index (χ4v) is 2.46. The molecule has 15 heavy (non-hydrogen) atoms. The average molecular weight is 227 g/mol. The van der Waals surface area contributed by atoms with Gasteiger partial charge in [-0.2, -0.15) is 0 Å². The summed E-state index contributed by atoms with van der Waals surface area (Å²) >= 11 is 1.55. The van der Waals surface area contributed by atoms with Crippen LogP contribution in [0.1, 0.15) is 37.6 Å². The van der Waals surface area contributed by atoms with E-state index < -0.39 is 0 Å². The summed E-state index contributed by atoms with van der Waals surface area (Å²) in [7, 11) is 0. The van der Waals surface area contributed by atoms with E-state index in [-0.39, 0.29) is 0 Å². The zero-order chi connectivity index (χ0) is 10.5. The van der Waals surface area contributed by atoms with E-state index in [1.165, 1.54) is 25.7 Å². The van der Waals surface area contributed by atoms with E-state index in [9.17, 15) is 0 Å². The Labute approximate surface area is 94.1 Å². The largest absolute Gasteiger partial charge is 0.466 e. The summed E-state index contributed by atoms with van der Waals surface area (Å²) in [5, 5.41) is 13.1. The minimum atomic E-state index is 0.380. The lowest BCUT2D eigenvalue weighted by Gasteiger charge is -2.07. The molecular weight excluding hydrogens is 210 g/mol. The van der Waals surface area contributed by atoms with Crippen LogP contribution in [-0.4, -0.2) is 22.8 Å². The van der Waals surface area contributed by atoms with Gasteiger partial charge in [0.15, 0.2) is 0 Å². The van der Waals surface area contributed by atoms with E-state index in [4.69, 9.17) is 4.74 Å². The van der Waals surface area contributed by atoms with Crippen molar-refractivity contribution in [3.05, 3.63) is 5.01 Å². The lowest BCUT2D eigenvalue weighted by molar-refractivity contribution is 0.207. The molecule has 84 valence electrons. The molecule has 0 unspecified atom stereocenters. The van der Waals surface area contributed by atoms with Gasteiger partial charge in [0, 0.05) is 6.54 Å². The molecule has 1 aromatic rings. The van der Waals surface area contributed by atoms with Gasteiger partial charge in [0.05, 0.1) is 0 Å². The summed E-state index contributed by atoms with van der Waals surface area (Å²) in [5.41, 5.74) is 0. The van der Waals surface area contributed by atoms with E-state index in [0.29, 0.717) is 6.10 Å². The summed E-state index contributed by atoms with van der Waals surface area (Å²) < 4.78 is 5.75. The molecule has 1 N–H and O–H groups in total. The first kappa shape index (κ1) is 10.8. The molecule has 2 rings (SSSR count). The molecule has 1 aliphatic rings. The van der Waals surface area contributed by atoms with Gasteiger partial charge in [-0.1, -0.05) is 23.4 Å². The first-order valence-electron chi connectivity index (χ1n) is 5.58. The maximum atomic E-state index is 5.75. The molecule has 1 fully saturated rings. The van der Waals surface area contributed by atoms with E-state index in [1.807, 2.05) is 0 Å². The number of hydrogen-bond donors (Lipinski definition) is 1. The molecule has 0 amide bonds. The van der Waals surface area contributed by atoms with Gasteiger partial charge in [0.2, 0.25) is 0 Å². The number of hydrogen-bond acceptors (Lipinski definition) is 5. The Hall–Kier alpha value is -0.680. The van der Waals surface area contributed by atoms with Gasteiger partial charge in [-0.05, 0) is 32.2 Å². The Morgan fingerprint density at radius 1 is 1.40 bits per heavy atom. The van der Waals surface area contributed by atoms with Crippen LogP contribution in [0.4, 0.5) is 0 Å². The van der Waals surface area contributed by atoms with E-state index >= 15 is 0 Å². The van der Waals surface area contributed by atoms with Crippen LogP contribution in [0.15, 0.2) is 0 Å². The zero-order valence-corrected chi connectivity index (χ0v) is 9.85. The van der Waals surface area contributed by atoms with Crippen molar-refractivity contribution in [2.24, 2.45) is 0 Å². The van der Waals surface area contributed by atoms with Crippen molar-refractivity contribution in [1.29, 1.82) is 0 Å². The van der Waals surface area contributed by atoms with Crippen LogP contribution in [0, 0.1) is 0 Å². The third kappa shape index (κ3) is 3.14. The van der Waals surface area contributed by atoms with Gasteiger partial charge < -0.3 is 10.1 Å². The summed E-state index contributed by atoms with van der Waals surface area (Å²) in [6.07, 6.45) is 5.29. The monoisotopic (exact) mass is 227 g/mol. The Balaban J connectivity index is 1.83. The Kier molecular flexibility index (Phi) is 3.91. The molecule has 0 saturated heterocycles. The molecule has 1 heterocycles. The van der Waals surface area contributed by atoms with Gasteiger partial charge in [-0.15, -0.1) is 5.10 Å². The van der Waals surface area contributed by atoms with Crippen molar-refractivity contribution in [1.82, 2.24) is 15.5 Å². The average Bonchev–Trinajstić information content (AvgIpc) is 2.87. The van der Waals surface area contributed by atoms with E-state index in [2.05, 4.69) is 22.4 Å². The summed E-state index contributed by atoms with van der Waals surface area (Å²) in [6.45, 7) is 3.83. The van der Waals surface area contributed by atoms with Crippen LogP contribution in [0.25, 0.3) is 0 Å². The molecular formula is C10H17N3OS. The molecule has 0 atom stereocenters. The maximum Gasteiger partial charge on any atom is 0.294 e. The fraction of sp³-hybridized carbons (Fsp3) is 0.800. The highest BCUT2D eigenvalue weighted by molar-refractivity contribution is 7.13. The molecule has 1 aromatic heterocycles. The molecule has 0 aliphatic heterocycles. The van der Waals surface area contributed by atoms with E-state index in [1.54, 1.807) is 11.3 Å². The third-order valence-corrected chi connectivity index (χ3v) is 3.36. The highest BCUT2D eigenvalue weighted by Gasteiger charge is 2.18. The Bertz CT molecular complexity index is 297. The minimum Gasteiger partial charge on any atom is -0.466 e. The van der Waals surface area contributed by atoms with Crippen LogP contribution in [-0.2, 0) is 6.54 Å². The normalized spacial score (nSPS) is 17.1. The summed E-state index contributed by atoms with van der Waals surface area (Å²) in [5.74, 6) is 0. The van der Waals surface area contributed by atoms with Crippen molar-refractivity contribution < 1.29 is 4.74 Å². The molecule has 1 saturated carbocycles. The van der Waals surface area contributed by atoms with Gasteiger partial charge in [0.1, 0.15) is 11.1 Å². The van der Waals surface area contributed by atoms with Gasteiger partial charge in [-0.3, -0.25) is 0 Å². The number of nitrogens with one attached hydrogen (secondary N) is 1. The lowest BCUT2D eigenvalue weighted by atomic mass is 10.3. The minimum absolute atomic E-state index is 0.380. The first-order valence-corrected chi connectivity index (χ1v) is 6.40. The summed E-state index contributed by atoms with van der Waals surface area (Å²) in [4.78, 5) is 0. The van der Waals surface area contributed by atoms with Crippen LogP contribution in [0.3, 0.4) is 0 Å². The van der Waals surface area contributed by atoms with Gasteiger partial charge in [0.25, 0.3) is 5.19 Å². The second-order valence-corrected chi connectivity index (χ2v) is 4.79. The number of rotatable bonds is 5. The number of aromatic nitrogens is 2. The molecule has 0 aromatic carbocycles. The topological polar surface area (TPSA) is 47.0 Å². The SMILES string of the molecule is CCNCc1nnc(OC2CCCC2)s1. The van der Waals surface area contributed by atoms with E-state index in [0.717, 1.165) is 23.3 Å². The molecule has 0 radical (unpaired) electrons. The van der Waals surface area contributed by atoms with Crippen molar-refractivity contribution in [3.63, 3.8) is 0 Å². The van der Waals surface area contributed by atoms with Gasteiger partial charge in [-0.25, -0.2) is 0 Å². The molecule has 5 heteroatoms. The van der Waals surface area contributed by atoms with Crippen LogP contribution < -0.4 is 10.1 Å². The predicted octanol–water partition coefficient (Wildman–Crippen LogP) is 1.97. The number of ether oxygens (including phenoxy) is 1. The standard InChI is InChI=1S/C10H17N3OS/c1-2-11-7-9-12-13-10(15-9)14-8-5-3-4-6-8/h8,11H,2-7H2,1H3.